The van der Waals surface area contributed by atoms with E-state index in [1.807, 2.05) is 30.3 Å². The molecule has 3 N–H and O–H groups in total. The lowest BCUT2D eigenvalue weighted by Crippen LogP contribution is -2.22. The van der Waals surface area contributed by atoms with Gasteiger partial charge in [0, 0.05) is 17.7 Å². The van der Waals surface area contributed by atoms with Crippen molar-refractivity contribution in [3.63, 3.8) is 0 Å². The molecule has 112 valence electrons. The molecule has 0 aliphatic heterocycles. The van der Waals surface area contributed by atoms with Crippen LogP contribution in [-0.2, 0) is 19.4 Å². The monoisotopic (exact) mass is 398 g/mol. The molecule has 21 heavy (non-hydrogen) atoms. The molecule has 1 heterocycles. The van der Waals surface area contributed by atoms with Crippen LogP contribution in [0.1, 0.15) is 29.9 Å². The van der Waals surface area contributed by atoms with Gasteiger partial charge in [0.2, 0.25) is 0 Å². The van der Waals surface area contributed by atoms with Crippen LogP contribution in [0.3, 0.4) is 0 Å². The summed E-state index contributed by atoms with van der Waals surface area (Å²) in [5, 5.41) is 7.17. The number of nitrogens with two attached hydrogens (primary N) is 1. The zero-order valence-corrected chi connectivity index (χ0v) is 14.0. The number of aryl methyl sites for hydroxylation is 1. The lowest BCUT2D eigenvalue weighted by Gasteiger charge is -2.08. The zero-order valence-electron chi connectivity index (χ0n) is 11.7. The van der Waals surface area contributed by atoms with Crippen molar-refractivity contribution in [3.05, 3.63) is 47.3 Å². The molecule has 0 saturated carbocycles. The second-order valence-electron chi connectivity index (χ2n) is 4.93. The Kier molecular flexibility index (Phi) is 5.60. The van der Waals surface area contributed by atoms with E-state index in [0.717, 1.165) is 30.0 Å². The molecule has 1 aliphatic rings. The number of fused-ring (bicyclic) bond motifs is 1. The van der Waals surface area contributed by atoms with Crippen molar-refractivity contribution in [1.29, 1.82) is 0 Å². The van der Waals surface area contributed by atoms with Crippen LogP contribution in [0.15, 0.2) is 39.8 Å². The number of anilines is 1. The summed E-state index contributed by atoms with van der Waals surface area (Å²) in [5.74, 6) is 1.42. The number of hydrogen-bond acceptors (Lipinski definition) is 3. The quantitative estimate of drug-likeness (QED) is 0.473. The van der Waals surface area contributed by atoms with Crippen molar-refractivity contribution < 1.29 is 4.52 Å². The first-order valence-electron chi connectivity index (χ1n) is 6.91. The van der Waals surface area contributed by atoms with Crippen LogP contribution in [-0.4, -0.2) is 11.1 Å². The summed E-state index contributed by atoms with van der Waals surface area (Å²) in [7, 11) is 0. The summed E-state index contributed by atoms with van der Waals surface area (Å²) in [6, 6.07) is 9.74. The molecule has 0 bridgehead atoms. The predicted molar refractivity (Wildman–Crippen MR) is 94.0 cm³/mol. The largest absolute Gasteiger partial charge is 0.370 e. The number of nitrogens with zero attached hydrogens (tertiary/aromatic N) is 2. The van der Waals surface area contributed by atoms with Crippen molar-refractivity contribution >= 4 is 35.6 Å². The molecule has 1 aromatic carbocycles. The predicted octanol–water partition coefficient (Wildman–Crippen LogP) is 3.10. The third-order valence-corrected chi connectivity index (χ3v) is 3.48. The summed E-state index contributed by atoms with van der Waals surface area (Å²) in [6.07, 6.45) is 4.41. The van der Waals surface area contributed by atoms with E-state index in [0.29, 0.717) is 12.5 Å². The highest BCUT2D eigenvalue weighted by molar-refractivity contribution is 14.0. The minimum atomic E-state index is 0. The second-order valence-corrected chi connectivity index (χ2v) is 4.93. The highest BCUT2D eigenvalue weighted by atomic mass is 127. The number of aliphatic imine (C=N–C) groups is 1. The van der Waals surface area contributed by atoms with Gasteiger partial charge >= 0.3 is 0 Å². The van der Waals surface area contributed by atoms with Crippen LogP contribution in [0.5, 0.6) is 0 Å². The third-order valence-electron chi connectivity index (χ3n) is 3.48. The Bertz CT molecular complexity index is 609. The van der Waals surface area contributed by atoms with Gasteiger partial charge in [-0.3, -0.25) is 0 Å². The van der Waals surface area contributed by atoms with E-state index in [1.165, 1.54) is 18.4 Å². The van der Waals surface area contributed by atoms with Gasteiger partial charge in [-0.1, -0.05) is 23.4 Å². The molecule has 6 heteroatoms. The van der Waals surface area contributed by atoms with Crippen LogP contribution in [0.4, 0.5) is 5.69 Å². The smallest absolute Gasteiger partial charge is 0.193 e. The summed E-state index contributed by atoms with van der Waals surface area (Å²) in [4.78, 5) is 4.33. The summed E-state index contributed by atoms with van der Waals surface area (Å²) >= 11 is 0. The molecule has 1 aromatic heterocycles. The van der Waals surface area contributed by atoms with E-state index >= 15 is 0 Å². The van der Waals surface area contributed by atoms with Gasteiger partial charge in [-0.2, -0.15) is 0 Å². The molecule has 0 amide bonds. The number of halogens is 1. The van der Waals surface area contributed by atoms with Gasteiger partial charge in [0.05, 0.1) is 6.54 Å². The fourth-order valence-corrected chi connectivity index (χ4v) is 2.44. The lowest BCUT2D eigenvalue weighted by molar-refractivity contribution is 0.368. The number of benzene rings is 1. The molecule has 0 atom stereocenters. The number of guanidine groups is 1. The molecule has 1 aliphatic carbocycles. The highest BCUT2D eigenvalue weighted by Gasteiger charge is 2.18. The Morgan fingerprint density at radius 2 is 2.00 bits per heavy atom. The number of hydrogen-bond donors (Lipinski definition) is 2. The third kappa shape index (κ3) is 3.96. The van der Waals surface area contributed by atoms with Gasteiger partial charge in [0.15, 0.2) is 5.96 Å². The van der Waals surface area contributed by atoms with Gasteiger partial charge in [0.1, 0.15) is 11.5 Å². The maximum Gasteiger partial charge on any atom is 0.193 e. The van der Waals surface area contributed by atoms with Crippen molar-refractivity contribution in [2.75, 3.05) is 5.32 Å². The average Bonchev–Trinajstić information content (AvgIpc) is 2.89. The van der Waals surface area contributed by atoms with Crippen LogP contribution in [0.2, 0.25) is 0 Å². The topological polar surface area (TPSA) is 76.4 Å². The molecule has 0 fully saturated rings. The van der Waals surface area contributed by atoms with E-state index in [9.17, 15) is 0 Å². The summed E-state index contributed by atoms with van der Waals surface area (Å²) < 4.78 is 5.36. The fraction of sp³-hybridized carbons (Fsp3) is 0.333. The van der Waals surface area contributed by atoms with Gasteiger partial charge < -0.3 is 15.6 Å². The zero-order chi connectivity index (χ0) is 13.8. The van der Waals surface area contributed by atoms with Crippen LogP contribution >= 0.6 is 24.0 Å². The molecular formula is C15H19IN4O. The lowest BCUT2D eigenvalue weighted by atomic mass is 9.96. The Balaban J connectivity index is 0.00000161. The molecule has 0 unspecified atom stereocenters. The van der Waals surface area contributed by atoms with Gasteiger partial charge in [0.25, 0.3) is 0 Å². The van der Waals surface area contributed by atoms with Crippen molar-refractivity contribution in [2.45, 2.75) is 32.2 Å². The van der Waals surface area contributed by atoms with E-state index in [-0.39, 0.29) is 24.0 Å². The number of aromatic nitrogens is 1. The summed E-state index contributed by atoms with van der Waals surface area (Å²) in [6.45, 7) is 0.463. The van der Waals surface area contributed by atoms with Crippen molar-refractivity contribution in [2.24, 2.45) is 10.7 Å². The standard InChI is InChI=1S/C15H18N4O.HI/c16-15(18-11-6-2-1-3-7-11)17-10-13-12-8-4-5-9-14(12)20-19-13;/h1-3,6-7H,4-5,8-10H2,(H3,16,17,18);1H. The first-order chi connectivity index (χ1) is 9.83. The molecular weight excluding hydrogens is 379 g/mol. The van der Waals surface area contributed by atoms with E-state index in [2.05, 4.69) is 15.5 Å². The van der Waals surface area contributed by atoms with Gasteiger partial charge in [-0.05, 0) is 31.4 Å². The molecule has 5 nitrogen and oxygen atoms in total. The minimum Gasteiger partial charge on any atom is -0.370 e. The number of nitrogens with one attached hydrogen (secondary N) is 1. The Labute approximate surface area is 141 Å². The Morgan fingerprint density at radius 1 is 1.24 bits per heavy atom. The molecule has 3 rings (SSSR count). The average molecular weight is 398 g/mol. The molecule has 0 saturated heterocycles. The highest BCUT2D eigenvalue weighted by Crippen LogP contribution is 2.24. The maximum atomic E-state index is 5.88. The van der Waals surface area contributed by atoms with Gasteiger partial charge in [-0.25, -0.2) is 4.99 Å². The maximum absolute atomic E-state index is 5.88. The normalized spacial score (nSPS) is 14.2. The van der Waals surface area contributed by atoms with Crippen molar-refractivity contribution in [1.82, 2.24) is 5.16 Å². The Morgan fingerprint density at radius 3 is 2.81 bits per heavy atom. The summed E-state index contributed by atoms with van der Waals surface area (Å²) in [5.41, 5.74) is 8.95. The number of rotatable bonds is 3. The van der Waals surface area contributed by atoms with E-state index in [4.69, 9.17) is 10.3 Å². The van der Waals surface area contributed by atoms with Crippen LogP contribution < -0.4 is 11.1 Å². The SMILES string of the molecule is I.NC(=NCc1noc2c1CCCC2)Nc1ccccc1. The second kappa shape index (κ2) is 7.44. The van der Waals surface area contributed by atoms with E-state index < -0.39 is 0 Å². The van der Waals surface area contributed by atoms with Crippen LogP contribution in [0.25, 0.3) is 0 Å². The fourth-order valence-electron chi connectivity index (χ4n) is 2.44. The van der Waals surface area contributed by atoms with Crippen molar-refractivity contribution in [3.8, 4) is 0 Å². The molecule has 0 spiro atoms. The van der Waals surface area contributed by atoms with E-state index in [1.54, 1.807) is 0 Å². The first-order valence-corrected chi connectivity index (χ1v) is 6.91. The molecule has 2 aromatic rings. The molecule has 0 radical (unpaired) electrons. The van der Waals surface area contributed by atoms with Gasteiger partial charge in [-0.15, -0.1) is 24.0 Å². The van der Waals surface area contributed by atoms with Crippen LogP contribution in [0, 0.1) is 0 Å². The number of para-hydroxylation sites is 1. The Hall–Kier alpha value is -1.57. The minimum absolute atomic E-state index is 0. The first kappa shape index (κ1) is 15.8.